The van der Waals surface area contributed by atoms with Crippen molar-refractivity contribution in [3.8, 4) is 11.4 Å². The molecule has 0 saturated carbocycles. The molecule has 1 aliphatic heterocycles. The Bertz CT molecular complexity index is 879. The molecule has 28 heavy (non-hydrogen) atoms. The van der Waals surface area contributed by atoms with Gasteiger partial charge in [0.15, 0.2) is 11.9 Å². The number of aromatic nitrogens is 2. The lowest BCUT2D eigenvalue weighted by atomic mass is 10.2. The third kappa shape index (κ3) is 4.26. The van der Waals surface area contributed by atoms with Crippen LogP contribution in [0.1, 0.15) is 35.3 Å². The Morgan fingerprint density at radius 1 is 1.32 bits per heavy atom. The fourth-order valence-electron chi connectivity index (χ4n) is 2.81. The molecule has 1 aliphatic rings. The second-order valence-electron chi connectivity index (χ2n) is 6.22. The van der Waals surface area contributed by atoms with Crippen LogP contribution in [0.15, 0.2) is 30.5 Å². The third-order valence-electron chi connectivity index (χ3n) is 4.27. The van der Waals surface area contributed by atoms with Gasteiger partial charge in [-0.3, -0.25) is 4.79 Å². The third-order valence-corrected chi connectivity index (χ3v) is 4.27. The Hall–Kier alpha value is -3.04. The molecule has 10 heteroatoms. The molecule has 3 rings (SSSR count). The van der Waals surface area contributed by atoms with Crippen LogP contribution >= 0.6 is 0 Å². The molecule has 0 aliphatic carbocycles. The van der Waals surface area contributed by atoms with Crippen molar-refractivity contribution < 1.29 is 32.2 Å². The Morgan fingerprint density at radius 3 is 2.82 bits per heavy atom. The highest BCUT2D eigenvalue weighted by molar-refractivity contribution is 5.93. The predicted octanol–water partition coefficient (Wildman–Crippen LogP) is 2.73. The van der Waals surface area contributed by atoms with Crippen LogP contribution in [-0.2, 0) is 15.7 Å². The van der Waals surface area contributed by atoms with Gasteiger partial charge in [-0.1, -0.05) is 6.07 Å². The number of benzene rings is 1. The molecular formula is C18H18F3N3O4. The monoisotopic (exact) mass is 397 g/mol. The van der Waals surface area contributed by atoms with Crippen LogP contribution in [-0.4, -0.2) is 41.4 Å². The topological polar surface area (TPSA) is 82.5 Å². The van der Waals surface area contributed by atoms with E-state index in [0.717, 1.165) is 23.2 Å². The summed E-state index contributed by atoms with van der Waals surface area (Å²) in [6.45, 7) is 0.514. The van der Waals surface area contributed by atoms with Crippen LogP contribution in [0.5, 0.6) is 5.75 Å². The summed E-state index contributed by atoms with van der Waals surface area (Å²) < 4.78 is 50.2. The summed E-state index contributed by atoms with van der Waals surface area (Å²) in [6, 6.07) is 4.49. The lowest BCUT2D eigenvalue weighted by Crippen LogP contribution is -2.36. The quantitative estimate of drug-likeness (QED) is 0.803. The van der Waals surface area contributed by atoms with E-state index in [9.17, 15) is 22.8 Å². The Balaban J connectivity index is 1.86. The Labute approximate surface area is 158 Å². The smallest absolute Gasteiger partial charge is 0.416 e. The molecular weight excluding hydrogens is 379 g/mol. The average Bonchev–Trinajstić information content (AvgIpc) is 3.00. The summed E-state index contributed by atoms with van der Waals surface area (Å²) in [5, 5.41) is 6.66. The molecule has 1 aromatic carbocycles. The number of ether oxygens (including phenoxy) is 2. The van der Waals surface area contributed by atoms with Crippen molar-refractivity contribution in [3.63, 3.8) is 0 Å². The highest BCUT2D eigenvalue weighted by Gasteiger charge is 2.31. The number of nitrogens with one attached hydrogen (secondary N) is 1. The van der Waals surface area contributed by atoms with Gasteiger partial charge in [-0.2, -0.15) is 18.3 Å². The number of halogens is 3. The first-order valence-electron chi connectivity index (χ1n) is 8.59. The van der Waals surface area contributed by atoms with Gasteiger partial charge in [0.05, 0.1) is 24.6 Å². The van der Waals surface area contributed by atoms with E-state index in [2.05, 4.69) is 10.4 Å². The van der Waals surface area contributed by atoms with E-state index in [1.54, 1.807) is 0 Å². The van der Waals surface area contributed by atoms with E-state index in [1.807, 2.05) is 0 Å². The second-order valence-corrected chi connectivity index (χ2v) is 6.22. The minimum absolute atomic E-state index is 0.0245. The normalized spacial score (nSPS) is 17.6. The summed E-state index contributed by atoms with van der Waals surface area (Å²) in [6.07, 6.45) is -2.30. The Kier molecular flexibility index (Phi) is 5.57. The zero-order valence-corrected chi connectivity index (χ0v) is 15.0. The van der Waals surface area contributed by atoms with Crippen molar-refractivity contribution in [2.75, 3.05) is 13.7 Å². The molecule has 0 bridgehead atoms. The van der Waals surface area contributed by atoms with Gasteiger partial charge >= 0.3 is 12.1 Å². The number of esters is 1. The minimum atomic E-state index is -4.51. The zero-order valence-electron chi connectivity index (χ0n) is 15.0. The van der Waals surface area contributed by atoms with E-state index in [1.165, 1.54) is 25.4 Å². The van der Waals surface area contributed by atoms with Crippen LogP contribution in [0.4, 0.5) is 13.2 Å². The summed E-state index contributed by atoms with van der Waals surface area (Å²) in [5.41, 5.74) is -0.977. The predicted molar refractivity (Wildman–Crippen MR) is 91.2 cm³/mol. The molecule has 1 amide bonds. The summed E-state index contributed by atoms with van der Waals surface area (Å²) >= 11 is 0. The molecule has 0 spiro atoms. The van der Waals surface area contributed by atoms with Crippen molar-refractivity contribution in [3.05, 3.63) is 41.7 Å². The van der Waals surface area contributed by atoms with Crippen molar-refractivity contribution in [2.24, 2.45) is 0 Å². The largest absolute Gasteiger partial charge is 0.493 e. The van der Waals surface area contributed by atoms with E-state index >= 15 is 0 Å². The molecule has 1 N–H and O–H groups in total. The lowest BCUT2D eigenvalue weighted by molar-refractivity contribution is -0.137. The van der Waals surface area contributed by atoms with Crippen LogP contribution in [0.3, 0.4) is 0 Å². The number of hydrogen-bond acceptors (Lipinski definition) is 5. The standard InChI is InChI=1S/C18H18F3N3O4/c1-27-14-10-24(12-6-4-5-11(9-12)18(19,20)21)23-15(14)17(26)28-13-7-2-3-8-22-16(13)25/h4-6,9-10,13H,2-3,7-8H2,1H3,(H,22,25). The van der Waals surface area contributed by atoms with Crippen LogP contribution in [0.25, 0.3) is 5.69 Å². The van der Waals surface area contributed by atoms with Gasteiger partial charge in [-0.05, 0) is 37.5 Å². The lowest BCUT2D eigenvalue weighted by Gasteiger charge is -2.13. The van der Waals surface area contributed by atoms with Gasteiger partial charge in [-0.15, -0.1) is 0 Å². The molecule has 0 radical (unpaired) electrons. The molecule has 7 nitrogen and oxygen atoms in total. The average molecular weight is 397 g/mol. The second kappa shape index (κ2) is 7.91. The van der Waals surface area contributed by atoms with E-state index in [0.29, 0.717) is 19.4 Å². The van der Waals surface area contributed by atoms with Gasteiger partial charge in [0.2, 0.25) is 5.69 Å². The number of rotatable bonds is 4. The first kappa shape index (κ1) is 19.7. The number of hydrogen-bond donors (Lipinski definition) is 1. The molecule has 2 aromatic rings. The van der Waals surface area contributed by atoms with Gasteiger partial charge < -0.3 is 14.8 Å². The summed E-state index contributed by atoms with van der Waals surface area (Å²) in [5.74, 6) is -1.25. The summed E-state index contributed by atoms with van der Waals surface area (Å²) in [4.78, 5) is 24.4. The number of nitrogens with zero attached hydrogens (tertiary/aromatic N) is 2. The summed E-state index contributed by atoms with van der Waals surface area (Å²) in [7, 11) is 1.29. The minimum Gasteiger partial charge on any atom is -0.493 e. The molecule has 2 heterocycles. The van der Waals surface area contributed by atoms with Gasteiger partial charge in [0.25, 0.3) is 5.91 Å². The highest BCUT2D eigenvalue weighted by atomic mass is 19.4. The van der Waals surface area contributed by atoms with Gasteiger partial charge in [0.1, 0.15) is 0 Å². The van der Waals surface area contributed by atoms with Gasteiger partial charge in [-0.25, -0.2) is 9.48 Å². The van der Waals surface area contributed by atoms with Crippen molar-refractivity contribution in [1.29, 1.82) is 0 Å². The fraction of sp³-hybridized carbons (Fsp3) is 0.389. The Morgan fingerprint density at radius 2 is 2.11 bits per heavy atom. The first-order valence-corrected chi connectivity index (χ1v) is 8.59. The zero-order chi connectivity index (χ0) is 20.3. The molecule has 150 valence electrons. The van der Waals surface area contributed by atoms with Crippen LogP contribution < -0.4 is 10.1 Å². The van der Waals surface area contributed by atoms with E-state index in [4.69, 9.17) is 9.47 Å². The molecule has 1 saturated heterocycles. The number of amides is 1. The maximum atomic E-state index is 12.9. The van der Waals surface area contributed by atoms with Crippen molar-refractivity contribution in [1.82, 2.24) is 15.1 Å². The van der Waals surface area contributed by atoms with Crippen molar-refractivity contribution in [2.45, 2.75) is 31.5 Å². The maximum absolute atomic E-state index is 12.9. The number of carbonyl (C=O) groups excluding carboxylic acids is 2. The number of alkyl halides is 3. The molecule has 1 fully saturated rings. The molecule has 1 aromatic heterocycles. The maximum Gasteiger partial charge on any atom is 0.416 e. The van der Waals surface area contributed by atoms with Crippen molar-refractivity contribution >= 4 is 11.9 Å². The SMILES string of the molecule is COc1cn(-c2cccc(C(F)(F)F)c2)nc1C(=O)OC1CCCCNC1=O. The molecule has 1 unspecified atom stereocenters. The van der Waals surface area contributed by atoms with E-state index < -0.39 is 23.8 Å². The number of carbonyl (C=O) groups is 2. The highest BCUT2D eigenvalue weighted by Crippen LogP contribution is 2.31. The fourth-order valence-corrected chi connectivity index (χ4v) is 2.81. The molecule has 1 atom stereocenters. The van der Waals surface area contributed by atoms with Gasteiger partial charge in [0, 0.05) is 6.54 Å². The number of methoxy groups -OCH3 is 1. The van der Waals surface area contributed by atoms with Crippen LogP contribution in [0.2, 0.25) is 0 Å². The van der Waals surface area contributed by atoms with Crippen LogP contribution in [0, 0.1) is 0 Å². The first-order chi connectivity index (χ1) is 13.3. The van der Waals surface area contributed by atoms with E-state index in [-0.39, 0.29) is 23.0 Å².